The molecule has 1 fully saturated rings. The number of nitrogens with zero attached hydrogens (tertiary/aromatic N) is 2. The van der Waals surface area contributed by atoms with Gasteiger partial charge in [-0.05, 0) is 39.3 Å². The maximum atomic E-state index is 14.8. The van der Waals surface area contributed by atoms with Crippen LogP contribution in [0.2, 0.25) is 0 Å². The summed E-state index contributed by atoms with van der Waals surface area (Å²) in [5.41, 5.74) is 0.880. The number of aromatic nitrogens is 2. The van der Waals surface area contributed by atoms with Gasteiger partial charge in [-0.25, -0.2) is 9.37 Å². The zero-order chi connectivity index (χ0) is 19.2. The molecule has 142 valence electrons. The van der Waals surface area contributed by atoms with Crippen LogP contribution in [0.1, 0.15) is 50.8 Å². The van der Waals surface area contributed by atoms with Crippen molar-refractivity contribution >= 4 is 13.2 Å². The van der Waals surface area contributed by atoms with E-state index in [1.807, 2.05) is 62.6 Å². The Morgan fingerprint density at radius 3 is 2.52 bits per heavy atom. The molecular weight excluding hydrogens is 346 g/mol. The van der Waals surface area contributed by atoms with E-state index in [0.717, 1.165) is 11.3 Å². The van der Waals surface area contributed by atoms with Crippen LogP contribution in [0.15, 0.2) is 42.4 Å². The Bertz CT molecular complexity index is 847. The van der Waals surface area contributed by atoms with Crippen LogP contribution in [0, 0.1) is 0 Å². The molecule has 0 amide bonds. The van der Waals surface area contributed by atoms with Crippen molar-refractivity contribution < 1.29 is 18.4 Å². The van der Waals surface area contributed by atoms with Gasteiger partial charge in [0.1, 0.15) is 11.8 Å². The molecule has 1 aromatic carbocycles. The summed E-state index contributed by atoms with van der Waals surface area (Å²) in [5, 5.41) is 0. The second kappa shape index (κ2) is 6.58. The molecule has 1 atom stereocenters. The van der Waals surface area contributed by atoms with Crippen LogP contribution < -0.4 is 0 Å². The largest absolute Gasteiger partial charge is 0.525 e. The lowest BCUT2D eigenvalue weighted by Gasteiger charge is -2.32. The van der Waals surface area contributed by atoms with Crippen molar-refractivity contribution in [1.29, 1.82) is 0 Å². The third-order valence-corrected chi connectivity index (χ3v) is 5.69. The number of halogens is 1. The smallest absolute Gasteiger partial charge is 0.398 e. The van der Waals surface area contributed by atoms with Gasteiger partial charge in [-0.3, -0.25) is 0 Å². The maximum Gasteiger partial charge on any atom is 0.525 e. The van der Waals surface area contributed by atoms with Gasteiger partial charge >= 0.3 is 7.12 Å². The Kier molecular flexibility index (Phi) is 4.49. The standard InChI is InChI=1S/C20H24BFN2O3/c1-19(2)20(3,4)27-21(26-19)18(22)10-15-16-12-25-17(11-24(16)13-23-15)14-8-6-5-7-9-14/h5-10,13,17H,11-12H2,1-4H3. The zero-order valence-corrected chi connectivity index (χ0v) is 16.1. The van der Waals surface area contributed by atoms with Gasteiger partial charge in [0.15, 0.2) is 0 Å². The monoisotopic (exact) mass is 370 g/mol. The zero-order valence-electron chi connectivity index (χ0n) is 16.1. The molecule has 1 aromatic heterocycles. The van der Waals surface area contributed by atoms with E-state index in [1.54, 1.807) is 6.33 Å². The average molecular weight is 370 g/mol. The van der Waals surface area contributed by atoms with E-state index in [9.17, 15) is 4.39 Å². The highest BCUT2D eigenvalue weighted by Crippen LogP contribution is 2.39. The molecule has 27 heavy (non-hydrogen) atoms. The van der Waals surface area contributed by atoms with Crippen LogP contribution in [-0.2, 0) is 27.2 Å². The second-order valence-corrected chi connectivity index (χ2v) is 8.06. The number of rotatable bonds is 3. The summed E-state index contributed by atoms with van der Waals surface area (Å²) in [6.45, 7) is 8.62. The van der Waals surface area contributed by atoms with Gasteiger partial charge < -0.3 is 18.6 Å². The Labute approximate surface area is 159 Å². The van der Waals surface area contributed by atoms with Gasteiger partial charge in [0.25, 0.3) is 0 Å². The molecule has 0 saturated carbocycles. The normalized spacial score (nSPS) is 24.1. The third-order valence-electron chi connectivity index (χ3n) is 5.69. The fourth-order valence-corrected chi connectivity index (χ4v) is 3.29. The van der Waals surface area contributed by atoms with E-state index < -0.39 is 24.0 Å². The number of imidazole rings is 1. The van der Waals surface area contributed by atoms with Crippen molar-refractivity contribution in [2.75, 3.05) is 0 Å². The molecule has 7 heteroatoms. The maximum absolute atomic E-state index is 14.8. The minimum Gasteiger partial charge on any atom is -0.398 e. The molecule has 2 aromatic rings. The van der Waals surface area contributed by atoms with Crippen molar-refractivity contribution in [3.05, 3.63) is 59.3 Å². The lowest BCUT2D eigenvalue weighted by Crippen LogP contribution is -2.41. The fourth-order valence-electron chi connectivity index (χ4n) is 3.29. The highest BCUT2D eigenvalue weighted by Gasteiger charge is 2.53. The molecule has 1 unspecified atom stereocenters. The van der Waals surface area contributed by atoms with Gasteiger partial charge in [-0.2, -0.15) is 0 Å². The molecule has 2 aliphatic rings. The van der Waals surface area contributed by atoms with E-state index >= 15 is 0 Å². The number of fused-ring (bicyclic) bond motifs is 1. The first-order valence-electron chi connectivity index (χ1n) is 9.20. The van der Waals surface area contributed by atoms with E-state index in [-0.39, 0.29) is 6.10 Å². The van der Waals surface area contributed by atoms with Gasteiger partial charge in [-0.15, -0.1) is 0 Å². The summed E-state index contributed by atoms with van der Waals surface area (Å²) in [7, 11) is -1.02. The molecule has 3 heterocycles. The van der Waals surface area contributed by atoms with Gasteiger partial charge in [0.2, 0.25) is 0 Å². The van der Waals surface area contributed by atoms with E-state index in [2.05, 4.69) is 4.98 Å². The molecule has 0 spiro atoms. The average Bonchev–Trinajstić information content (AvgIpc) is 3.13. The van der Waals surface area contributed by atoms with Crippen molar-refractivity contribution in [1.82, 2.24) is 9.55 Å². The highest BCUT2D eigenvalue weighted by atomic mass is 19.1. The minimum atomic E-state index is -1.02. The molecule has 0 bridgehead atoms. The number of hydrogen-bond donors (Lipinski definition) is 0. The van der Waals surface area contributed by atoms with Crippen molar-refractivity contribution in [2.24, 2.45) is 0 Å². The first-order chi connectivity index (χ1) is 12.8. The molecule has 0 N–H and O–H groups in total. The van der Waals surface area contributed by atoms with Crippen LogP contribution in [0.4, 0.5) is 4.39 Å². The summed E-state index contributed by atoms with van der Waals surface area (Å²) >= 11 is 0. The SMILES string of the molecule is CC1(C)OB(C(F)=Cc2ncn3c2COC(c2ccccc2)C3)OC1(C)C. The summed E-state index contributed by atoms with van der Waals surface area (Å²) in [5.74, 6) is 0. The molecule has 2 aliphatic heterocycles. The first kappa shape index (κ1) is 18.4. The van der Waals surface area contributed by atoms with Gasteiger partial charge in [0, 0.05) is 0 Å². The predicted octanol–water partition coefficient (Wildman–Crippen LogP) is 4.10. The highest BCUT2D eigenvalue weighted by molar-refractivity contribution is 6.54. The van der Waals surface area contributed by atoms with Crippen molar-refractivity contribution in [3.63, 3.8) is 0 Å². The van der Waals surface area contributed by atoms with Gasteiger partial charge in [-0.1, -0.05) is 30.3 Å². The first-order valence-corrected chi connectivity index (χ1v) is 9.20. The van der Waals surface area contributed by atoms with Crippen LogP contribution >= 0.6 is 0 Å². The van der Waals surface area contributed by atoms with Crippen LogP contribution in [0.5, 0.6) is 0 Å². The quantitative estimate of drug-likeness (QED) is 0.764. The number of ether oxygens (including phenoxy) is 1. The number of hydrogen-bond acceptors (Lipinski definition) is 4. The van der Waals surface area contributed by atoms with Crippen molar-refractivity contribution in [2.45, 2.75) is 58.2 Å². The lowest BCUT2D eigenvalue weighted by atomic mass is 9.87. The van der Waals surface area contributed by atoms with E-state index in [4.69, 9.17) is 14.0 Å². The number of benzene rings is 1. The minimum absolute atomic E-state index is 0.0299. The molecule has 4 rings (SSSR count). The van der Waals surface area contributed by atoms with Gasteiger partial charge in [0.05, 0.1) is 42.1 Å². The summed E-state index contributed by atoms with van der Waals surface area (Å²) in [6.07, 6.45) is 3.09. The topological polar surface area (TPSA) is 45.5 Å². The lowest BCUT2D eigenvalue weighted by molar-refractivity contribution is 0.00295. The van der Waals surface area contributed by atoms with Crippen LogP contribution in [-0.4, -0.2) is 27.9 Å². The molecule has 5 nitrogen and oxygen atoms in total. The summed E-state index contributed by atoms with van der Waals surface area (Å²) in [6, 6.07) is 10.1. The third kappa shape index (κ3) is 3.35. The van der Waals surface area contributed by atoms with Crippen LogP contribution in [0.3, 0.4) is 0 Å². The second-order valence-electron chi connectivity index (χ2n) is 8.06. The summed E-state index contributed by atoms with van der Waals surface area (Å²) < 4.78 is 34.3. The Morgan fingerprint density at radius 2 is 1.85 bits per heavy atom. The Morgan fingerprint density at radius 1 is 1.19 bits per heavy atom. The predicted molar refractivity (Wildman–Crippen MR) is 101 cm³/mol. The van der Waals surface area contributed by atoms with E-state index in [0.29, 0.717) is 18.8 Å². The Hall–Kier alpha value is -1.96. The molecular formula is C20H24BFN2O3. The summed E-state index contributed by atoms with van der Waals surface area (Å²) in [4.78, 5) is 4.37. The van der Waals surface area contributed by atoms with Crippen LogP contribution in [0.25, 0.3) is 6.08 Å². The Balaban J connectivity index is 1.53. The molecule has 1 saturated heterocycles. The van der Waals surface area contributed by atoms with Crippen molar-refractivity contribution in [3.8, 4) is 0 Å². The van der Waals surface area contributed by atoms with E-state index in [1.165, 1.54) is 6.08 Å². The molecule has 0 radical (unpaired) electrons. The molecule has 0 aliphatic carbocycles. The fraction of sp³-hybridized carbons (Fsp3) is 0.450.